The first kappa shape index (κ1) is 13.5. The van der Waals surface area contributed by atoms with Crippen LogP contribution in [0.15, 0.2) is 21.7 Å². The molecule has 0 aliphatic carbocycles. The first-order valence-corrected chi connectivity index (χ1v) is 8.71. The molecule has 0 unspecified atom stereocenters. The van der Waals surface area contributed by atoms with Gasteiger partial charge in [0, 0.05) is 19.1 Å². The zero-order valence-corrected chi connectivity index (χ0v) is 12.3. The fourth-order valence-electron chi connectivity index (χ4n) is 2.85. The van der Waals surface area contributed by atoms with Gasteiger partial charge in [-0.2, -0.15) is 4.31 Å². The normalized spacial score (nSPS) is 31.7. The monoisotopic (exact) mass is 303 g/mol. The largest absolute Gasteiger partial charge is 0.379 e. The Morgan fingerprint density at radius 3 is 3.05 bits per heavy atom. The van der Waals surface area contributed by atoms with E-state index in [1.165, 1.54) is 11.3 Å². The maximum absolute atomic E-state index is 12.6. The molecule has 106 valence electrons. The zero-order valence-electron chi connectivity index (χ0n) is 10.7. The molecular formula is C12H17NO4S2. The van der Waals surface area contributed by atoms with E-state index >= 15 is 0 Å². The summed E-state index contributed by atoms with van der Waals surface area (Å²) in [4.78, 5) is 0. The molecule has 7 heteroatoms. The highest BCUT2D eigenvalue weighted by atomic mass is 32.2. The van der Waals surface area contributed by atoms with Crippen LogP contribution in [0.2, 0.25) is 0 Å². The van der Waals surface area contributed by atoms with Crippen LogP contribution in [0.25, 0.3) is 0 Å². The molecule has 3 atom stereocenters. The number of sulfonamides is 1. The summed E-state index contributed by atoms with van der Waals surface area (Å²) in [5.74, 6) is 0.162. The molecule has 5 nitrogen and oxygen atoms in total. The van der Waals surface area contributed by atoms with Crippen molar-refractivity contribution in [1.82, 2.24) is 4.31 Å². The van der Waals surface area contributed by atoms with Gasteiger partial charge in [0.05, 0.1) is 25.4 Å². The summed E-state index contributed by atoms with van der Waals surface area (Å²) in [5.41, 5.74) is 0. The Hall–Kier alpha value is -0.470. The average molecular weight is 303 g/mol. The molecule has 1 aromatic rings. The van der Waals surface area contributed by atoms with E-state index in [0.29, 0.717) is 30.6 Å². The second-order valence-electron chi connectivity index (χ2n) is 4.77. The average Bonchev–Trinajstić information content (AvgIpc) is 3.07. The standard InChI is InChI=1S/C12H17NO4S2/c1-2-17-11-6-13(10-8-16-7-9(10)11)19(14,15)12-4-3-5-18-12/h3-5,9-11H,2,6-8H2,1H3/t9-,10+,11-/m1/s1. The van der Waals surface area contributed by atoms with Crippen molar-refractivity contribution >= 4 is 21.4 Å². The summed E-state index contributed by atoms with van der Waals surface area (Å²) in [6.45, 7) is 4.03. The summed E-state index contributed by atoms with van der Waals surface area (Å²) in [6, 6.07) is 3.33. The molecule has 0 spiro atoms. The van der Waals surface area contributed by atoms with Crippen LogP contribution >= 0.6 is 11.3 Å². The quantitative estimate of drug-likeness (QED) is 0.838. The van der Waals surface area contributed by atoms with Crippen LogP contribution in [0, 0.1) is 5.92 Å². The lowest BCUT2D eigenvalue weighted by molar-refractivity contribution is 0.0308. The molecule has 0 aromatic carbocycles. The number of hydrogen-bond acceptors (Lipinski definition) is 5. The zero-order chi connectivity index (χ0) is 13.5. The van der Waals surface area contributed by atoms with E-state index in [4.69, 9.17) is 9.47 Å². The minimum Gasteiger partial charge on any atom is -0.379 e. The lowest BCUT2D eigenvalue weighted by Gasteiger charge is -2.20. The fourth-order valence-corrected chi connectivity index (χ4v) is 5.64. The van der Waals surface area contributed by atoms with E-state index in [9.17, 15) is 8.42 Å². The first-order chi connectivity index (χ1) is 9.14. The van der Waals surface area contributed by atoms with Crippen molar-refractivity contribution in [2.24, 2.45) is 5.92 Å². The topological polar surface area (TPSA) is 55.8 Å². The van der Waals surface area contributed by atoms with E-state index in [0.717, 1.165) is 0 Å². The highest BCUT2D eigenvalue weighted by Crippen LogP contribution is 2.36. The summed E-state index contributed by atoms with van der Waals surface area (Å²) in [5, 5.41) is 1.78. The minimum atomic E-state index is -3.41. The predicted molar refractivity (Wildman–Crippen MR) is 71.7 cm³/mol. The van der Waals surface area contributed by atoms with Crippen LogP contribution in [0.3, 0.4) is 0 Å². The van der Waals surface area contributed by atoms with Gasteiger partial charge in [0.2, 0.25) is 0 Å². The lowest BCUT2D eigenvalue weighted by atomic mass is 10.0. The summed E-state index contributed by atoms with van der Waals surface area (Å²) < 4.78 is 38.3. The third-order valence-electron chi connectivity index (χ3n) is 3.74. The van der Waals surface area contributed by atoms with Crippen molar-refractivity contribution in [1.29, 1.82) is 0 Å². The van der Waals surface area contributed by atoms with Crippen molar-refractivity contribution in [2.45, 2.75) is 23.3 Å². The molecule has 0 N–H and O–H groups in total. The minimum absolute atomic E-state index is 0.0489. The van der Waals surface area contributed by atoms with Crippen LogP contribution in [0.5, 0.6) is 0 Å². The fraction of sp³-hybridized carbons (Fsp3) is 0.667. The van der Waals surface area contributed by atoms with E-state index < -0.39 is 10.0 Å². The van der Waals surface area contributed by atoms with Crippen molar-refractivity contribution in [3.63, 3.8) is 0 Å². The van der Waals surface area contributed by atoms with E-state index in [-0.39, 0.29) is 18.1 Å². The summed E-state index contributed by atoms with van der Waals surface area (Å²) >= 11 is 1.25. The van der Waals surface area contributed by atoms with Crippen molar-refractivity contribution < 1.29 is 17.9 Å². The molecule has 2 saturated heterocycles. The predicted octanol–water partition coefficient (Wildman–Crippen LogP) is 1.17. The number of rotatable bonds is 4. The summed E-state index contributed by atoms with van der Waals surface area (Å²) in [6.07, 6.45) is -0.0489. The Morgan fingerprint density at radius 1 is 1.53 bits per heavy atom. The van der Waals surface area contributed by atoms with Gasteiger partial charge in [0.1, 0.15) is 4.21 Å². The Kier molecular flexibility index (Phi) is 3.65. The van der Waals surface area contributed by atoms with Crippen LogP contribution in [-0.4, -0.2) is 51.2 Å². The van der Waals surface area contributed by atoms with Gasteiger partial charge >= 0.3 is 0 Å². The van der Waals surface area contributed by atoms with Gasteiger partial charge in [-0.05, 0) is 18.4 Å². The smallest absolute Gasteiger partial charge is 0.252 e. The van der Waals surface area contributed by atoms with Gasteiger partial charge in [-0.15, -0.1) is 11.3 Å². The van der Waals surface area contributed by atoms with Gasteiger partial charge in [-0.1, -0.05) is 6.07 Å². The molecule has 1 aromatic heterocycles. The van der Waals surface area contributed by atoms with Crippen LogP contribution in [0.1, 0.15) is 6.92 Å². The third-order valence-corrected chi connectivity index (χ3v) is 7.00. The van der Waals surface area contributed by atoms with Crippen molar-refractivity contribution in [3.8, 4) is 0 Å². The molecule has 0 amide bonds. The number of ether oxygens (including phenoxy) is 2. The van der Waals surface area contributed by atoms with Gasteiger partial charge < -0.3 is 9.47 Å². The molecule has 2 aliphatic rings. The molecular weight excluding hydrogens is 286 g/mol. The maximum Gasteiger partial charge on any atom is 0.252 e. The molecule has 3 rings (SSSR count). The maximum atomic E-state index is 12.6. The van der Waals surface area contributed by atoms with Crippen molar-refractivity contribution in [2.75, 3.05) is 26.4 Å². The van der Waals surface area contributed by atoms with Crippen LogP contribution in [-0.2, 0) is 19.5 Å². The number of thiophene rings is 1. The molecule has 2 aliphatic heterocycles. The Balaban J connectivity index is 1.89. The van der Waals surface area contributed by atoms with Gasteiger partial charge in [-0.25, -0.2) is 8.42 Å². The second-order valence-corrected chi connectivity index (χ2v) is 7.83. The van der Waals surface area contributed by atoms with Gasteiger partial charge in [0.25, 0.3) is 10.0 Å². The Bertz CT molecular complexity index is 528. The highest BCUT2D eigenvalue weighted by Gasteiger charge is 2.50. The summed E-state index contributed by atoms with van der Waals surface area (Å²) in [7, 11) is -3.41. The second kappa shape index (κ2) is 5.14. The molecule has 0 saturated carbocycles. The SMILES string of the molecule is CCO[C@@H]1CN(S(=O)(=O)c2cccs2)[C@H]2COC[C@@H]12. The van der Waals surface area contributed by atoms with E-state index in [1.807, 2.05) is 6.92 Å². The lowest BCUT2D eigenvalue weighted by Crippen LogP contribution is -2.37. The van der Waals surface area contributed by atoms with E-state index in [2.05, 4.69) is 0 Å². The van der Waals surface area contributed by atoms with E-state index in [1.54, 1.807) is 21.8 Å². The van der Waals surface area contributed by atoms with Crippen LogP contribution in [0.4, 0.5) is 0 Å². The highest BCUT2D eigenvalue weighted by molar-refractivity contribution is 7.91. The van der Waals surface area contributed by atoms with Crippen LogP contribution < -0.4 is 0 Å². The molecule has 0 bridgehead atoms. The first-order valence-electron chi connectivity index (χ1n) is 6.39. The molecule has 3 heterocycles. The number of nitrogens with zero attached hydrogens (tertiary/aromatic N) is 1. The number of hydrogen-bond donors (Lipinski definition) is 0. The Morgan fingerprint density at radius 2 is 2.37 bits per heavy atom. The van der Waals surface area contributed by atoms with Gasteiger partial charge in [-0.3, -0.25) is 0 Å². The van der Waals surface area contributed by atoms with Crippen molar-refractivity contribution in [3.05, 3.63) is 17.5 Å². The van der Waals surface area contributed by atoms with Gasteiger partial charge in [0.15, 0.2) is 0 Å². The molecule has 0 radical (unpaired) electrons. The molecule has 2 fully saturated rings. The third kappa shape index (κ3) is 2.23. The number of fused-ring (bicyclic) bond motifs is 1. The molecule has 19 heavy (non-hydrogen) atoms. The Labute approximate surface area is 117 Å².